The molecule has 19 heavy (non-hydrogen) atoms. The van der Waals surface area contributed by atoms with Crippen molar-refractivity contribution in [2.45, 2.75) is 0 Å². The fraction of sp³-hybridized carbons (Fsp3) is 0. The zero-order chi connectivity index (χ0) is 12.9. The lowest BCUT2D eigenvalue weighted by Gasteiger charge is -1.97. The molecule has 0 aromatic heterocycles. The maximum Gasteiger partial charge on any atom is 0.339 e. The Labute approximate surface area is 116 Å². The van der Waals surface area contributed by atoms with Gasteiger partial charge < -0.3 is 0 Å². The number of hydrogen-bond donors (Lipinski definition) is 0. The SMILES string of the molecule is c1ccc([Cl+2](c2ccccc2)c2ccccc2)cc1. The molecule has 3 aromatic carbocycles. The monoisotopic (exact) mass is 266 g/mol. The van der Waals surface area contributed by atoms with E-state index in [4.69, 9.17) is 0 Å². The summed E-state index contributed by atoms with van der Waals surface area (Å²) in [5, 5.41) is 3.97. The van der Waals surface area contributed by atoms with Gasteiger partial charge in [-0.05, 0) is 0 Å². The highest BCUT2D eigenvalue weighted by atomic mass is 35.6. The second-order valence-corrected chi connectivity index (χ2v) is 6.05. The van der Waals surface area contributed by atoms with Crippen molar-refractivity contribution >= 4 is 0 Å². The summed E-state index contributed by atoms with van der Waals surface area (Å²) in [5.41, 5.74) is 0. The van der Waals surface area contributed by atoms with E-state index >= 15 is 0 Å². The van der Waals surface area contributed by atoms with Gasteiger partial charge in [0.2, 0.25) is 0 Å². The Morgan fingerprint density at radius 3 is 0.895 bits per heavy atom. The van der Waals surface area contributed by atoms with E-state index in [2.05, 4.69) is 91.0 Å². The van der Waals surface area contributed by atoms with Gasteiger partial charge in [0.15, 0.2) is 0 Å². The molecule has 3 rings (SSSR count). The van der Waals surface area contributed by atoms with Crippen molar-refractivity contribution in [3.8, 4) is 0 Å². The highest BCUT2D eigenvalue weighted by Crippen LogP contribution is 2.32. The molecule has 3 aromatic rings. The van der Waals surface area contributed by atoms with Crippen LogP contribution in [0.4, 0.5) is 0 Å². The van der Waals surface area contributed by atoms with Gasteiger partial charge in [-0.3, -0.25) is 0 Å². The number of rotatable bonds is 3. The van der Waals surface area contributed by atoms with E-state index in [9.17, 15) is 0 Å². The van der Waals surface area contributed by atoms with E-state index in [1.807, 2.05) is 0 Å². The van der Waals surface area contributed by atoms with E-state index < -0.39 is 0 Å². The molecule has 1 heteroatoms. The van der Waals surface area contributed by atoms with Gasteiger partial charge in [-0.1, -0.05) is 54.6 Å². The molecule has 0 aliphatic heterocycles. The molecule has 0 atom stereocenters. The first-order valence-corrected chi connectivity index (χ1v) is 7.43. The van der Waals surface area contributed by atoms with Gasteiger partial charge >= 0.3 is 15.1 Å². The third kappa shape index (κ3) is 2.69. The smallest absolute Gasteiger partial charge is 0.0614 e. The fourth-order valence-electron chi connectivity index (χ4n) is 2.00. The topological polar surface area (TPSA) is 0 Å². The normalized spacial score (nSPS) is 10.6. The van der Waals surface area contributed by atoms with Gasteiger partial charge in [0, 0.05) is 0 Å². The summed E-state index contributed by atoms with van der Waals surface area (Å²) >= 11 is 0. The molecule has 0 aliphatic carbocycles. The Morgan fingerprint density at radius 2 is 0.632 bits per heavy atom. The van der Waals surface area contributed by atoms with E-state index in [0.29, 0.717) is 9.99 Å². The minimum absolute atomic E-state index is 0.417. The Morgan fingerprint density at radius 1 is 0.368 bits per heavy atom. The van der Waals surface area contributed by atoms with Crippen LogP contribution >= 0.6 is 0 Å². The molecule has 0 radical (unpaired) electrons. The molecule has 0 aliphatic rings. The van der Waals surface area contributed by atoms with Gasteiger partial charge in [0.1, 0.15) is 9.99 Å². The van der Waals surface area contributed by atoms with Crippen LogP contribution in [0.15, 0.2) is 91.0 Å². The maximum atomic E-state index is 2.19. The Balaban J connectivity index is 2.12. The summed E-state index contributed by atoms with van der Waals surface area (Å²) in [6.45, 7) is 0. The summed E-state index contributed by atoms with van der Waals surface area (Å²) < 4.78 is 0. The molecule has 0 spiro atoms. The Hall–Kier alpha value is -2.05. The van der Waals surface area contributed by atoms with E-state index in [-0.39, 0.29) is 0 Å². The largest absolute Gasteiger partial charge is 0.339 e. The van der Waals surface area contributed by atoms with Crippen LogP contribution in [0.25, 0.3) is 0 Å². The molecule has 0 bridgehead atoms. The van der Waals surface area contributed by atoms with E-state index in [0.717, 1.165) is 0 Å². The molecule has 0 nitrogen and oxygen atoms in total. The first-order chi connectivity index (χ1) is 9.45. The third-order valence-corrected chi connectivity index (χ3v) is 4.92. The molecule has 0 amide bonds. The van der Waals surface area contributed by atoms with E-state index in [1.54, 1.807) is 0 Å². The standard InChI is InChI=1S/C18H15Cl/c1-4-10-16(11-5-1)19(17-12-6-2-7-13-17)18-14-8-3-9-15-18/h1-15H/q+2. The average molecular weight is 267 g/mol. The van der Waals surface area contributed by atoms with Crippen molar-refractivity contribution in [2.24, 2.45) is 0 Å². The zero-order valence-corrected chi connectivity index (χ0v) is 11.3. The molecule has 0 N–H and O–H groups in total. The summed E-state index contributed by atoms with van der Waals surface area (Å²) in [7, 11) is 0.417. The van der Waals surface area contributed by atoms with Crippen molar-refractivity contribution in [2.75, 3.05) is 0 Å². The Bertz CT molecular complexity index is 524. The van der Waals surface area contributed by atoms with Crippen LogP contribution in [0.1, 0.15) is 0 Å². The predicted molar refractivity (Wildman–Crippen MR) is 76.8 cm³/mol. The van der Waals surface area contributed by atoms with Crippen molar-refractivity contribution < 1.29 is 9.99 Å². The van der Waals surface area contributed by atoms with Crippen LogP contribution in [0.5, 0.6) is 0 Å². The molecule has 0 unspecified atom stereocenters. The van der Waals surface area contributed by atoms with Crippen molar-refractivity contribution in [1.29, 1.82) is 0 Å². The lowest BCUT2D eigenvalue weighted by atomic mass is 10.4. The van der Waals surface area contributed by atoms with Crippen LogP contribution < -0.4 is 0 Å². The molecular formula is C18H15Cl+2. The first kappa shape index (κ1) is 12.0. The van der Waals surface area contributed by atoms with Gasteiger partial charge in [-0.15, -0.1) is 0 Å². The van der Waals surface area contributed by atoms with Gasteiger partial charge in [-0.25, -0.2) is 0 Å². The third-order valence-electron chi connectivity index (χ3n) is 2.85. The Kier molecular flexibility index (Phi) is 3.62. The van der Waals surface area contributed by atoms with Crippen LogP contribution in [-0.4, -0.2) is 0 Å². The maximum absolute atomic E-state index is 2.19. The molecular weight excluding hydrogens is 252 g/mol. The summed E-state index contributed by atoms with van der Waals surface area (Å²) in [5.74, 6) is 0. The van der Waals surface area contributed by atoms with Crippen molar-refractivity contribution in [1.82, 2.24) is 0 Å². The molecule has 92 valence electrons. The lowest BCUT2D eigenvalue weighted by Crippen LogP contribution is -2.01. The molecule has 0 fully saturated rings. The second-order valence-electron chi connectivity index (χ2n) is 4.17. The van der Waals surface area contributed by atoms with Gasteiger partial charge in [-0.2, -0.15) is 0 Å². The molecule has 0 saturated heterocycles. The van der Waals surface area contributed by atoms with Crippen molar-refractivity contribution in [3.05, 3.63) is 106 Å². The summed E-state index contributed by atoms with van der Waals surface area (Å²) in [4.78, 5) is 0. The zero-order valence-electron chi connectivity index (χ0n) is 10.5. The van der Waals surface area contributed by atoms with Gasteiger partial charge in [0.25, 0.3) is 0 Å². The molecule has 0 saturated carbocycles. The summed E-state index contributed by atoms with van der Waals surface area (Å²) in [6, 6.07) is 32.0. The van der Waals surface area contributed by atoms with Crippen LogP contribution in [0.2, 0.25) is 15.1 Å². The first-order valence-electron chi connectivity index (χ1n) is 6.30. The van der Waals surface area contributed by atoms with Crippen molar-refractivity contribution in [3.63, 3.8) is 0 Å². The van der Waals surface area contributed by atoms with Crippen LogP contribution in [0.3, 0.4) is 0 Å². The summed E-state index contributed by atoms with van der Waals surface area (Å²) in [6.07, 6.45) is 0. The number of benzene rings is 3. The molecule has 0 heterocycles. The fourth-order valence-corrected chi connectivity index (χ4v) is 3.95. The van der Waals surface area contributed by atoms with E-state index in [1.165, 1.54) is 15.1 Å². The lowest BCUT2D eigenvalue weighted by molar-refractivity contribution is -0.753. The second kappa shape index (κ2) is 5.73. The van der Waals surface area contributed by atoms with Crippen LogP contribution in [0, 0.1) is 9.99 Å². The highest BCUT2D eigenvalue weighted by molar-refractivity contribution is 5.21. The predicted octanol–water partition coefficient (Wildman–Crippen LogP) is 4.95. The average Bonchev–Trinajstić information content (AvgIpc) is 2.51. The minimum atomic E-state index is 0.417. The quantitative estimate of drug-likeness (QED) is 0.629. The van der Waals surface area contributed by atoms with Crippen LogP contribution in [-0.2, 0) is 0 Å². The minimum Gasteiger partial charge on any atom is -0.0614 e. The van der Waals surface area contributed by atoms with Gasteiger partial charge in [0.05, 0.1) is 36.4 Å². The highest BCUT2D eigenvalue weighted by Gasteiger charge is 2.38. The number of halogens is 1. The number of hydrogen-bond acceptors (Lipinski definition) is 0.